The van der Waals surface area contributed by atoms with Crippen LogP contribution in [0.1, 0.15) is 36.5 Å². The Bertz CT molecular complexity index is 1020. The molecule has 7 nitrogen and oxygen atoms in total. The van der Waals surface area contributed by atoms with Gasteiger partial charge >= 0.3 is 0 Å². The number of rotatable bonds is 10. The fraction of sp³-hybridized carbons (Fsp3) is 0.273. The SMILES string of the molecule is C=CCOc1c(Br)cccc1C(=O)Nc1cccc(-c2nncn2CCCCC)n1. The molecule has 2 aromatic heterocycles. The Morgan fingerprint density at radius 3 is 2.90 bits per heavy atom. The van der Waals surface area contributed by atoms with Crippen LogP contribution in [0.5, 0.6) is 5.75 Å². The Hall–Kier alpha value is -3.00. The smallest absolute Gasteiger partial charge is 0.260 e. The van der Waals surface area contributed by atoms with Gasteiger partial charge in [-0.3, -0.25) is 4.79 Å². The largest absolute Gasteiger partial charge is 0.488 e. The van der Waals surface area contributed by atoms with E-state index in [-0.39, 0.29) is 5.91 Å². The molecule has 1 amide bonds. The quantitative estimate of drug-likeness (QED) is 0.329. The van der Waals surface area contributed by atoms with Crippen LogP contribution >= 0.6 is 15.9 Å². The number of carbonyl (C=O) groups is 1. The number of hydrogen-bond acceptors (Lipinski definition) is 5. The van der Waals surface area contributed by atoms with Crippen molar-refractivity contribution in [3.05, 3.63) is 65.4 Å². The average molecular weight is 470 g/mol. The summed E-state index contributed by atoms with van der Waals surface area (Å²) in [6.07, 6.45) is 6.68. The molecule has 1 N–H and O–H groups in total. The molecular formula is C22H24BrN5O2. The van der Waals surface area contributed by atoms with Crippen molar-refractivity contribution in [3.8, 4) is 17.3 Å². The molecule has 0 saturated carbocycles. The molecule has 3 aromatic rings. The number of unbranched alkanes of at least 4 members (excludes halogenated alkanes) is 2. The Balaban J connectivity index is 1.80. The van der Waals surface area contributed by atoms with Gasteiger partial charge in [0.2, 0.25) is 0 Å². The molecular weight excluding hydrogens is 446 g/mol. The zero-order valence-corrected chi connectivity index (χ0v) is 18.4. The molecule has 0 bridgehead atoms. The molecule has 0 fully saturated rings. The third-order valence-corrected chi connectivity index (χ3v) is 5.02. The number of benzene rings is 1. The average Bonchev–Trinajstić information content (AvgIpc) is 3.21. The van der Waals surface area contributed by atoms with Crippen LogP contribution in [-0.2, 0) is 6.54 Å². The first kappa shape index (κ1) is 21.7. The van der Waals surface area contributed by atoms with Gasteiger partial charge in [-0.25, -0.2) is 4.98 Å². The Kier molecular flexibility index (Phi) is 7.73. The summed E-state index contributed by atoms with van der Waals surface area (Å²) in [5.41, 5.74) is 1.06. The summed E-state index contributed by atoms with van der Waals surface area (Å²) in [6.45, 7) is 6.94. The van der Waals surface area contributed by atoms with Gasteiger partial charge < -0.3 is 14.6 Å². The topological polar surface area (TPSA) is 81.9 Å². The minimum Gasteiger partial charge on any atom is -0.488 e. The summed E-state index contributed by atoms with van der Waals surface area (Å²) in [7, 11) is 0. The van der Waals surface area contributed by atoms with Crippen molar-refractivity contribution in [2.45, 2.75) is 32.7 Å². The van der Waals surface area contributed by atoms with Crippen molar-refractivity contribution in [1.82, 2.24) is 19.7 Å². The fourth-order valence-corrected chi connectivity index (χ4v) is 3.42. The molecule has 0 aliphatic rings. The predicted molar refractivity (Wildman–Crippen MR) is 121 cm³/mol. The van der Waals surface area contributed by atoms with Crippen LogP contribution in [0.2, 0.25) is 0 Å². The summed E-state index contributed by atoms with van der Waals surface area (Å²) in [5, 5.41) is 11.1. The minimum atomic E-state index is -0.315. The van der Waals surface area contributed by atoms with E-state index < -0.39 is 0 Å². The van der Waals surface area contributed by atoms with Crippen LogP contribution in [0.15, 0.2) is 59.9 Å². The van der Waals surface area contributed by atoms with Gasteiger partial charge in [0.15, 0.2) is 5.82 Å². The highest BCUT2D eigenvalue weighted by atomic mass is 79.9. The lowest BCUT2D eigenvalue weighted by molar-refractivity contribution is 0.102. The zero-order valence-electron chi connectivity index (χ0n) is 16.8. The van der Waals surface area contributed by atoms with E-state index in [0.29, 0.717) is 39.7 Å². The summed E-state index contributed by atoms with van der Waals surface area (Å²) >= 11 is 3.43. The van der Waals surface area contributed by atoms with Crippen LogP contribution < -0.4 is 10.1 Å². The number of aryl methyl sites for hydroxylation is 1. The molecule has 0 saturated heterocycles. The van der Waals surface area contributed by atoms with E-state index in [4.69, 9.17) is 4.74 Å². The number of para-hydroxylation sites is 1. The van der Waals surface area contributed by atoms with E-state index in [1.165, 1.54) is 0 Å². The van der Waals surface area contributed by atoms with Crippen LogP contribution in [0.4, 0.5) is 5.82 Å². The van der Waals surface area contributed by atoms with Crippen molar-refractivity contribution in [1.29, 1.82) is 0 Å². The van der Waals surface area contributed by atoms with Gasteiger partial charge in [-0.05, 0) is 46.6 Å². The summed E-state index contributed by atoms with van der Waals surface area (Å²) in [6, 6.07) is 10.7. The Morgan fingerprint density at radius 1 is 1.27 bits per heavy atom. The number of pyridine rings is 1. The van der Waals surface area contributed by atoms with Crippen molar-refractivity contribution >= 4 is 27.7 Å². The highest BCUT2D eigenvalue weighted by Crippen LogP contribution is 2.30. The number of halogens is 1. The molecule has 0 aliphatic carbocycles. The van der Waals surface area contributed by atoms with Crippen LogP contribution in [0, 0.1) is 0 Å². The fourth-order valence-electron chi connectivity index (χ4n) is 2.94. The van der Waals surface area contributed by atoms with Gasteiger partial charge in [0.05, 0.1) is 10.0 Å². The normalized spacial score (nSPS) is 10.6. The predicted octanol–water partition coefficient (Wildman–Crippen LogP) is 5.11. The summed E-state index contributed by atoms with van der Waals surface area (Å²) < 4.78 is 8.33. The Morgan fingerprint density at radius 2 is 2.10 bits per heavy atom. The number of ether oxygens (including phenoxy) is 1. The monoisotopic (exact) mass is 469 g/mol. The number of nitrogens with zero attached hydrogens (tertiary/aromatic N) is 4. The van der Waals surface area contributed by atoms with Gasteiger partial charge in [-0.15, -0.1) is 10.2 Å². The van der Waals surface area contributed by atoms with Gasteiger partial charge in [0.1, 0.15) is 30.2 Å². The number of nitrogens with one attached hydrogen (secondary N) is 1. The molecule has 2 heterocycles. The second kappa shape index (κ2) is 10.7. The highest BCUT2D eigenvalue weighted by Gasteiger charge is 2.17. The van der Waals surface area contributed by atoms with Crippen LogP contribution in [0.3, 0.4) is 0 Å². The lowest BCUT2D eigenvalue weighted by Gasteiger charge is -2.12. The van der Waals surface area contributed by atoms with Crippen molar-refractivity contribution in [2.75, 3.05) is 11.9 Å². The van der Waals surface area contributed by atoms with E-state index in [2.05, 4.69) is 49.9 Å². The van der Waals surface area contributed by atoms with Crippen LogP contribution in [0.25, 0.3) is 11.5 Å². The van der Waals surface area contributed by atoms with Gasteiger partial charge in [0.25, 0.3) is 5.91 Å². The van der Waals surface area contributed by atoms with Crippen molar-refractivity contribution in [3.63, 3.8) is 0 Å². The third-order valence-electron chi connectivity index (χ3n) is 4.40. The number of amides is 1. The highest BCUT2D eigenvalue weighted by molar-refractivity contribution is 9.10. The maximum Gasteiger partial charge on any atom is 0.260 e. The first-order valence-corrected chi connectivity index (χ1v) is 10.6. The molecule has 1 aromatic carbocycles. The molecule has 0 aliphatic heterocycles. The lowest BCUT2D eigenvalue weighted by atomic mass is 10.2. The number of aromatic nitrogens is 4. The molecule has 8 heteroatoms. The maximum atomic E-state index is 12.9. The van der Waals surface area contributed by atoms with Crippen molar-refractivity contribution in [2.24, 2.45) is 0 Å². The molecule has 0 spiro atoms. The number of anilines is 1. The molecule has 0 radical (unpaired) electrons. The van der Waals surface area contributed by atoms with E-state index in [0.717, 1.165) is 25.8 Å². The third kappa shape index (κ3) is 5.33. The number of hydrogen-bond donors (Lipinski definition) is 1. The maximum absolute atomic E-state index is 12.9. The van der Waals surface area contributed by atoms with E-state index in [9.17, 15) is 4.79 Å². The molecule has 3 rings (SSSR count). The second-order valence-electron chi connectivity index (χ2n) is 6.63. The van der Waals surface area contributed by atoms with E-state index in [1.54, 1.807) is 30.6 Å². The summed E-state index contributed by atoms with van der Waals surface area (Å²) in [5.74, 6) is 1.25. The standard InChI is InChI=1S/C22H24BrN5O2/c1-3-5-6-13-28-15-24-27-21(28)18-11-8-12-19(25-18)26-22(29)16-9-7-10-17(23)20(16)30-14-4-2/h4,7-12,15H,2-3,5-6,13-14H2,1H3,(H,25,26,29). The number of carbonyl (C=O) groups excluding carboxylic acids is 1. The van der Waals surface area contributed by atoms with Gasteiger partial charge in [-0.2, -0.15) is 0 Å². The summed E-state index contributed by atoms with van der Waals surface area (Å²) in [4.78, 5) is 17.4. The van der Waals surface area contributed by atoms with E-state index >= 15 is 0 Å². The minimum absolute atomic E-state index is 0.296. The Labute approximate surface area is 184 Å². The lowest BCUT2D eigenvalue weighted by Crippen LogP contribution is -2.15. The van der Waals surface area contributed by atoms with Gasteiger partial charge in [-0.1, -0.05) is 44.6 Å². The van der Waals surface area contributed by atoms with Gasteiger partial charge in [0, 0.05) is 6.54 Å². The molecule has 0 unspecified atom stereocenters. The first-order valence-electron chi connectivity index (χ1n) is 9.82. The first-order chi connectivity index (χ1) is 14.6. The molecule has 30 heavy (non-hydrogen) atoms. The van der Waals surface area contributed by atoms with E-state index in [1.807, 2.05) is 22.8 Å². The second-order valence-corrected chi connectivity index (χ2v) is 7.49. The zero-order chi connectivity index (χ0) is 21.3. The molecule has 156 valence electrons. The van der Waals surface area contributed by atoms with Crippen LogP contribution in [-0.4, -0.2) is 32.3 Å². The molecule has 0 atom stereocenters. The van der Waals surface area contributed by atoms with Crippen molar-refractivity contribution < 1.29 is 9.53 Å².